The van der Waals surface area contributed by atoms with Crippen LogP contribution in [-0.2, 0) is 5.41 Å². The number of likely N-dealkylation sites (tertiary alicyclic amines) is 1. The van der Waals surface area contributed by atoms with Gasteiger partial charge >= 0.3 is 0 Å². The third kappa shape index (κ3) is 2.26. The lowest BCUT2D eigenvalue weighted by molar-refractivity contribution is 0.246. The van der Waals surface area contributed by atoms with Crippen molar-refractivity contribution in [2.24, 2.45) is 10.9 Å². The summed E-state index contributed by atoms with van der Waals surface area (Å²) in [6.07, 6.45) is 6.34. The molecule has 24 heavy (non-hydrogen) atoms. The Morgan fingerprint density at radius 2 is 2.21 bits per heavy atom. The summed E-state index contributed by atoms with van der Waals surface area (Å²) in [6, 6.07) is 7.60. The van der Waals surface area contributed by atoms with Crippen LogP contribution in [0.1, 0.15) is 49.6 Å². The Kier molecular flexibility index (Phi) is 3.36. The van der Waals surface area contributed by atoms with Crippen LogP contribution in [0.3, 0.4) is 0 Å². The molecule has 2 aromatic rings. The summed E-state index contributed by atoms with van der Waals surface area (Å²) in [4.78, 5) is 12.5. The van der Waals surface area contributed by atoms with Crippen LogP contribution < -0.4 is 0 Å². The van der Waals surface area contributed by atoms with Crippen LogP contribution >= 0.6 is 11.3 Å². The smallest absolute Gasteiger partial charge is 0.101 e. The molecule has 3 heterocycles. The molecule has 2 unspecified atom stereocenters. The minimum atomic E-state index is 0.334. The normalized spacial score (nSPS) is 33.3. The predicted molar refractivity (Wildman–Crippen MR) is 101 cm³/mol. The molecule has 0 amide bonds. The van der Waals surface area contributed by atoms with Crippen molar-refractivity contribution in [2.75, 3.05) is 20.1 Å². The van der Waals surface area contributed by atoms with Crippen LogP contribution in [0.15, 0.2) is 23.2 Å². The first-order valence-electron chi connectivity index (χ1n) is 9.28. The van der Waals surface area contributed by atoms with Gasteiger partial charge in [0, 0.05) is 30.3 Å². The van der Waals surface area contributed by atoms with E-state index in [0.29, 0.717) is 5.41 Å². The molecule has 5 rings (SSSR count). The first-order chi connectivity index (χ1) is 11.6. The Bertz CT molecular complexity index is 819. The first-order valence-corrected chi connectivity index (χ1v) is 10.1. The fourth-order valence-electron chi connectivity index (χ4n) is 4.88. The number of likely N-dealkylation sites (N-methyl/N-ethyl adjacent to an activating group) is 1. The highest BCUT2D eigenvalue weighted by molar-refractivity contribution is 7.18. The zero-order valence-electron chi connectivity index (χ0n) is 14.6. The van der Waals surface area contributed by atoms with E-state index < -0.39 is 0 Å². The fraction of sp³-hybridized carbons (Fsp3) is 0.600. The molecule has 0 N–H and O–H groups in total. The van der Waals surface area contributed by atoms with Gasteiger partial charge in [0.1, 0.15) is 5.01 Å². The topological polar surface area (TPSA) is 28.5 Å². The average Bonchev–Trinajstić information content (AvgIpc) is 3.27. The second kappa shape index (κ2) is 5.37. The van der Waals surface area contributed by atoms with E-state index in [1.807, 2.05) is 11.3 Å². The Morgan fingerprint density at radius 3 is 2.92 bits per heavy atom. The van der Waals surface area contributed by atoms with Crippen molar-refractivity contribution >= 4 is 27.3 Å². The predicted octanol–water partition coefficient (Wildman–Crippen LogP) is 4.25. The molecule has 0 radical (unpaired) electrons. The van der Waals surface area contributed by atoms with Crippen molar-refractivity contribution in [1.29, 1.82) is 0 Å². The van der Waals surface area contributed by atoms with Gasteiger partial charge in [-0.25, -0.2) is 4.98 Å². The van der Waals surface area contributed by atoms with Crippen LogP contribution in [0.5, 0.6) is 0 Å². The maximum absolute atomic E-state index is 5.11. The molecule has 1 aliphatic carbocycles. The Labute approximate surface area is 147 Å². The summed E-state index contributed by atoms with van der Waals surface area (Å²) in [5, 5.41) is 1.38. The number of benzene rings is 1. The van der Waals surface area contributed by atoms with E-state index in [9.17, 15) is 0 Å². The van der Waals surface area contributed by atoms with Crippen LogP contribution in [0.25, 0.3) is 10.2 Å². The summed E-state index contributed by atoms with van der Waals surface area (Å²) < 4.78 is 1.34. The van der Waals surface area contributed by atoms with Crippen LogP contribution in [-0.4, -0.2) is 41.8 Å². The van der Waals surface area contributed by atoms with Gasteiger partial charge in [0.05, 0.1) is 10.2 Å². The van der Waals surface area contributed by atoms with E-state index in [2.05, 4.69) is 37.1 Å². The third-order valence-corrected chi connectivity index (χ3v) is 7.68. The molecule has 4 heteroatoms. The van der Waals surface area contributed by atoms with E-state index in [4.69, 9.17) is 9.98 Å². The number of fused-ring (bicyclic) bond motifs is 3. The highest BCUT2D eigenvalue weighted by Gasteiger charge is 2.50. The molecule has 1 saturated carbocycles. The van der Waals surface area contributed by atoms with E-state index in [-0.39, 0.29) is 0 Å². The average molecular weight is 340 g/mol. The molecule has 3 aliphatic rings. The van der Waals surface area contributed by atoms with Gasteiger partial charge < -0.3 is 4.90 Å². The highest BCUT2D eigenvalue weighted by atomic mass is 32.1. The van der Waals surface area contributed by atoms with Crippen molar-refractivity contribution in [3.8, 4) is 0 Å². The molecule has 0 spiro atoms. The van der Waals surface area contributed by atoms with Gasteiger partial charge in [-0.05, 0) is 62.8 Å². The highest BCUT2D eigenvalue weighted by Crippen LogP contribution is 2.50. The van der Waals surface area contributed by atoms with Gasteiger partial charge in [-0.2, -0.15) is 0 Å². The molecule has 1 saturated heterocycles. The SMILES string of the molecule is C[C@H]1CCC(c2ccc3sc(C45CCC(C4)N(C)C5)nc3c2)=NC1. The van der Waals surface area contributed by atoms with Gasteiger partial charge in [-0.15, -0.1) is 11.3 Å². The standard InChI is InChI=1S/C20H25N3S/c1-13-3-5-16(21-11-13)14-4-6-18-17(9-14)22-19(24-18)20-8-7-15(10-20)23(2)12-20/h4,6,9,13,15H,3,5,7-8,10-12H2,1-2H3/t13-,15?,20?/m0/s1. The summed E-state index contributed by atoms with van der Waals surface area (Å²) in [5.41, 5.74) is 4.09. The summed E-state index contributed by atoms with van der Waals surface area (Å²) in [5.74, 6) is 0.733. The molecule has 2 bridgehead atoms. The van der Waals surface area contributed by atoms with Crippen molar-refractivity contribution in [1.82, 2.24) is 9.88 Å². The Balaban J connectivity index is 1.51. The van der Waals surface area contributed by atoms with Crippen molar-refractivity contribution < 1.29 is 0 Å². The van der Waals surface area contributed by atoms with Gasteiger partial charge in [-0.1, -0.05) is 13.0 Å². The lowest BCUT2D eigenvalue weighted by atomic mass is 9.88. The van der Waals surface area contributed by atoms with E-state index in [1.165, 1.54) is 58.7 Å². The number of rotatable bonds is 2. The second-order valence-electron chi connectivity index (χ2n) is 8.22. The van der Waals surface area contributed by atoms with Gasteiger partial charge in [0.25, 0.3) is 0 Å². The summed E-state index contributed by atoms with van der Waals surface area (Å²) >= 11 is 1.92. The van der Waals surface area contributed by atoms with Crippen LogP contribution in [0.4, 0.5) is 0 Å². The van der Waals surface area contributed by atoms with Crippen LogP contribution in [0.2, 0.25) is 0 Å². The molecular formula is C20H25N3S. The molecule has 1 aromatic heterocycles. The van der Waals surface area contributed by atoms with Crippen molar-refractivity contribution in [3.05, 3.63) is 28.8 Å². The summed E-state index contributed by atoms with van der Waals surface area (Å²) in [6.45, 7) is 4.46. The number of thiazole rings is 1. The largest absolute Gasteiger partial charge is 0.302 e. The molecular weight excluding hydrogens is 314 g/mol. The maximum Gasteiger partial charge on any atom is 0.101 e. The molecule has 3 atom stereocenters. The van der Waals surface area contributed by atoms with Crippen molar-refractivity contribution in [2.45, 2.75) is 50.5 Å². The van der Waals surface area contributed by atoms with Gasteiger partial charge in [0.15, 0.2) is 0 Å². The minimum Gasteiger partial charge on any atom is -0.302 e. The quantitative estimate of drug-likeness (QED) is 0.818. The van der Waals surface area contributed by atoms with E-state index in [0.717, 1.165) is 24.9 Å². The fourth-order valence-corrected chi connectivity index (χ4v) is 6.04. The molecule has 126 valence electrons. The van der Waals surface area contributed by atoms with Gasteiger partial charge in [-0.3, -0.25) is 4.99 Å². The lowest BCUT2D eigenvalue weighted by Crippen LogP contribution is -2.34. The second-order valence-corrected chi connectivity index (χ2v) is 9.26. The number of hydrogen-bond acceptors (Lipinski definition) is 4. The number of aromatic nitrogens is 1. The zero-order chi connectivity index (χ0) is 16.3. The van der Waals surface area contributed by atoms with E-state index >= 15 is 0 Å². The maximum atomic E-state index is 5.11. The molecule has 1 aromatic carbocycles. The van der Waals surface area contributed by atoms with Crippen molar-refractivity contribution in [3.63, 3.8) is 0 Å². The Hall–Kier alpha value is -1.26. The number of piperidine rings is 1. The minimum absolute atomic E-state index is 0.334. The Morgan fingerprint density at radius 1 is 1.29 bits per heavy atom. The van der Waals surface area contributed by atoms with Crippen LogP contribution in [0, 0.1) is 5.92 Å². The number of hydrogen-bond donors (Lipinski definition) is 0. The molecule has 2 aliphatic heterocycles. The molecule has 2 fully saturated rings. The molecule has 3 nitrogen and oxygen atoms in total. The number of nitrogens with zero attached hydrogens (tertiary/aromatic N) is 3. The van der Waals surface area contributed by atoms with E-state index in [1.54, 1.807) is 0 Å². The zero-order valence-corrected chi connectivity index (χ0v) is 15.4. The lowest BCUT2D eigenvalue weighted by Gasteiger charge is -2.28. The first kappa shape index (κ1) is 15.0. The third-order valence-electron chi connectivity index (χ3n) is 6.40. The van der Waals surface area contributed by atoms with Gasteiger partial charge in [0.2, 0.25) is 0 Å². The monoisotopic (exact) mass is 339 g/mol. The number of aliphatic imine (C=N–C) groups is 1. The summed E-state index contributed by atoms with van der Waals surface area (Å²) in [7, 11) is 2.28.